The number of carbonyl (C=O) groups excluding carboxylic acids is 3. The highest BCUT2D eigenvalue weighted by Gasteiger charge is 2.51. The lowest BCUT2D eigenvalue weighted by atomic mass is 10.00. The van der Waals surface area contributed by atoms with Crippen LogP contribution in [0, 0.1) is 17.7 Å². The molecule has 0 saturated carbocycles. The van der Waals surface area contributed by atoms with Gasteiger partial charge in [0, 0.05) is 51.3 Å². The van der Waals surface area contributed by atoms with Crippen LogP contribution < -0.4 is 0 Å². The van der Waals surface area contributed by atoms with Crippen molar-refractivity contribution in [3.8, 4) is 0 Å². The highest BCUT2D eigenvalue weighted by atomic mass is 35.5. The van der Waals surface area contributed by atoms with Crippen LogP contribution in [-0.4, -0.2) is 65.1 Å². The van der Waals surface area contributed by atoms with Crippen LogP contribution in [0.2, 0.25) is 5.02 Å². The molecule has 1 aromatic carbocycles. The smallest absolute Gasteiger partial charge is 0.234 e. The number of halogens is 2. The van der Waals surface area contributed by atoms with E-state index < -0.39 is 5.82 Å². The Bertz CT molecular complexity index is 794. The molecule has 3 saturated heterocycles. The lowest BCUT2D eigenvalue weighted by Gasteiger charge is -2.22. The molecule has 4 rings (SSSR count). The van der Waals surface area contributed by atoms with E-state index in [1.54, 1.807) is 17.0 Å². The molecule has 28 heavy (non-hydrogen) atoms. The molecule has 0 aromatic heterocycles. The summed E-state index contributed by atoms with van der Waals surface area (Å²) in [5.41, 5.74) is 0.472. The number of hydrogen-bond acceptors (Lipinski definition) is 4. The van der Waals surface area contributed by atoms with Crippen LogP contribution in [0.25, 0.3) is 0 Å². The van der Waals surface area contributed by atoms with E-state index in [0.717, 1.165) is 13.0 Å². The maximum Gasteiger partial charge on any atom is 0.234 e. The second-order valence-corrected chi connectivity index (χ2v) is 8.19. The van der Waals surface area contributed by atoms with E-state index in [0.29, 0.717) is 51.1 Å². The molecule has 0 spiro atoms. The van der Waals surface area contributed by atoms with Crippen molar-refractivity contribution in [1.29, 1.82) is 0 Å². The van der Waals surface area contributed by atoms with E-state index in [4.69, 9.17) is 11.6 Å². The fourth-order valence-electron chi connectivity index (χ4n) is 4.52. The molecule has 0 radical (unpaired) electrons. The largest absolute Gasteiger partial charge is 0.343 e. The number of amides is 3. The Hall–Kier alpha value is -1.99. The third kappa shape index (κ3) is 3.53. The van der Waals surface area contributed by atoms with Crippen molar-refractivity contribution in [3.63, 3.8) is 0 Å². The van der Waals surface area contributed by atoms with E-state index in [-0.39, 0.29) is 34.6 Å². The minimum absolute atomic E-state index is 0.0757. The Morgan fingerprint density at radius 3 is 2.43 bits per heavy atom. The minimum atomic E-state index is -0.447. The summed E-state index contributed by atoms with van der Waals surface area (Å²) >= 11 is 5.83. The molecule has 3 fully saturated rings. The summed E-state index contributed by atoms with van der Waals surface area (Å²) in [6.45, 7) is 2.94. The molecule has 3 amide bonds. The lowest BCUT2D eigenvalue weighted by Crippen LogP contribution is -2.38. The zero-order valence-electron chi connectivity index (χ0n) is 15.6. The van der Waals surface area contributed by atoms with Crippen molar-refractivity contribution in [2.45, 2.75) is 25.8 Å². The number of likely N-dealkylation sites (tertiary alicyclic amines) is 3. The number of carbonyl (C=O) groups is 3. The highest BCUT2D eigenvalue weighted by molar-refractivity contribution is 6.30. The van der Waals surface area contributed by atoms with Crippen LogP contribution in [0.3, 0.4) is 0 Å². The van der Waals surface area contributed by atoms with Gasteiger partial charge in [-0.25, -0.2) is 4.39 Å². The maximum atomic E-state index is 14.1. The molecule has 150 valence electrons. The fourth-order valence-corrected chi connectivity index (χ4v) is 4.71. The number of rotatable bonds is 6. The minimum Gasteiger partial charge on any atom is -0.343 e. The second kappa shape index (κ2) is 7.79. The molecule has 1 aromatic rings. The van der Waals surface area contributed by atoms with E-state index in [1.165, 1.54) is 11.0 Å². The number of fused-ring (bicyclic) bond motifs is 1. The maximum absolute atomic E-state index is 14.1. The van der Waals surface area contributed by atoms with Crippen molar-refractivity contribution in [2.24, 2.45) is 11.8 Å². The topological polar surface area (TPSA) is 60.9 Å². The van der Waals surface area contributed by atoms with Gasteiger partial charge < -0.3 is 4.90 Å². The molecule has 8 heteroatoms. The number of nitrogens with zero attached hydrogens (tertiary/aromatic N) is 3. The van der Waals surface area contributed by atoms with Gasteiger partial charge in [0.15, 0.2) is 0 Å². The van der Waals surface area contributed by atoms with Crippen LogP contribution in [0.4, 0.5) is 4.39 Å². The summed E-state index contributed by atoms with van der Waals surface area (Å²) in [5.74, 6) is -1.29. The van der Waals surface area contributed by atoms with Gasteiger partial charge in [0.2, 0.25) is 17.7 Å². The average Bonchev–Trinajstić information content (AvgIpc) is 3.32. The Morgan fingerprint density at radius 2 is 1.79 bits per heavy atom. The van der Waals surface area contributed by atoms with Gasteiger partial charge in [0.1, 0.15) is 5.82 Å². The molecule has 0 unspecified atom stereocenters. The zero-order chi connectivity index (χ0) is 19.8. The third-order valence-corrected chi connectivity index (χ3v) is 6.26. The molecule has 0 bridgehead atoms. The molecule has 3 heterocycles. The van der Waals surface area contributed by atoms with Crippen LogP contribution in [0.1, 0.15) is 24.8 Å². The normalized spacial score (nSPS) is 25.3. The van der Waals surface area contributed by atoms with Crippen molar-refractivity contribution >= 4 is 29.3 Å². The first-order valence-corrected chi connectivity index (χ1v) is 10.1. The van der Waals surface area contributed by atoms with Gasteiger partial charge in [-0.15, -0.1) is 0 Å². The van der Waals surface area contributed by atoms with E-state index in [9.17, 15) is 18.8 Å². The van der Waals surface area contributed by atoms with Gasteiger partial charge in [-0.3, -0.25) is 24.2 Å². The van der Waals surface area contributed by atoms with Crippen molar-refractivity contribution < 1.29 is 18.8 Å². The third-order valence-electron chi connectivity index (χ3n) is 5.97. The predicted molar refractivity (Wildman–Crippen MR) is 101 cm³/mol. The molecule has 2 atom stereocenters. The van der Waals surface area contributed by atoms with Crippen molar-refractivity contribution in [1.82, 2.24) is 14.7 Å². The number of benzene rings is 1. The van der Waals surface area contributed by atoms with E-state index in [2.05, 4.69) is 0 Å². The van der Waals surface area contributed by atoms with Crippen molar-refractivity contribution in [3.05, 3.63) is 34.6 Å². The molecule has 0 aliphatic carbocycles. The van der Waals surface area contributed by atoms with Gasteiger partial charge in [-0.1, -0.05) is 23.7 Å². The number of imide groups is 1. The Kier molecular flexibility index (Phi) is 5.38. The Labute approximate surface area is 168 Å². The van der Waals surface area contributed by atoms with Crippen LogP contribution in [-0.2, 0) is 20.9 Å². The summed E-state index contributed by atoms with van der Waals surface area (Å²) in [5, 5.41) is 0.0757. The standard InChI is InChI=1S/C20H23ClFN3O3/c21-16-5-1-4-13(18(16)22)10-23-11-14-15(12-23)20(28)25(19(14)27)9-3-8-24-7-2-6-17(24)26/h1,4-5,14-15H,2-3,6-12H2/t14-,15+. The monoisotopic (exact) mass is 407 g/mol. The van der Waals surface area contributed by atoms with Crippen LogP contribution in [0.5, 0.6) is 0 Å². The lowest BCUT2D eigenvalue weighted by molar-refractivity contribution is -0.140. The molecule has 3 aliphatic rings. The summed E-state index contributed by atoms with van der Waals surface area (Å²) in [4.78, 5) is 42.2. The quantitative estimate of drug-likeness (QED) is 0.676. The first-order valence-electron chi connectivity index (χ1n) is 9.74. The SMILES string of the molecule is O=C1CCCN1CCCN1C(=O)[C@H]2CN(Cc3cccc(Cl)c3F)C[C@H]2C1=O. The summed E-state index contributed by atoms with van der Waals surface area (Å²) in [6.07, 6.45) is 2.09. The molecule has 0 N–H and O–H groups in total. The van der Waals surface area contributed by atoms with Gasteiger partial charge in [-0.2, -0.15) is 0 Å². The average molecular weight is 408 g/mol. The van der Waals surface area contributed by atoms with Gasteiger partial charge >= 0.3 is 0 Å². The fraction of sp³-hybridized carbons (Fsp3) is 0.550. The molecule has 3 aliphatic heterocycles. The summed E-state index contributed by atoms with van der Waals surface area (Å²) in [7, 11) is 0. The molecular weight excluding hydrogens is 385 g/mol. The van der Waals surface area contributed by atoms with Crippen LogP contribution in [0.15, 0.2) is 18.2 Å². The van der Waals surface area contributed by atoms with Crippen LogP contribution >= 0.6 is 11.6 Å². The summed E-state index contributed by atoms with van der Waals surface area (Å²) in [6, 6.07) is 4.87. The summed E-state index contributed by atoms with van der Waals surface area (Å²) < 4.78 is 14.1. The van der Waals surface area contributed by atoms with Gasteiger partial charge in [0.25, 0.3) is 0 Å². The molecule has 6 nitrogen and oxygen atoms in total. The Balaban J connectivity index is 1.32. The Morgan fingerprint density at radius 1 is 1.07 bits per heavy atom. The van der Waals surface area contributed by atoms with E-state index >= 15 is 0 Å². The first-order chi connectivity index (χ1) is 13.5. The van der Waals surface area contributed by atoms with Crippen molar-refractivity contribution in [2.75, 3.05) is 32.7 Å². The number of hydrogen-bond donors (Lipinski definition) is 0. The predicted octanol–water partition coefficient (Wildman–Crippen LogP) is 1.91. The second-order valence-electron chi connectivity index (χ2n) is 7.79. The molecular formula is C20H23ClFN3O3. The highest BCUT2D eigenvalue weighted by Crippen LogP contribution is 2.34. The zero-order valence-corrected chi connectivity index (χ0v) is 16.3. The van der Waals surface area contributed by atoms with Gasteiger partial charge in [0.05, 0.1) is 16.9 Å². The van der Waals surface area contributed by atoms with E-state index in [1.807, 2.05) is 4.90 Å². The van der Waals surface area contributed by atoms with Gasteiger partial charge in [-0.05, 0) is 18.9 Å². The first kappa shape index (κ1) is 19.3.